The molecule has 6 nitrogen and oxygen atoms in total. The Kier molecular flexibility index (Phi) is 8.53. The number of ether oxygens (including phenoxy) is 1. The topological polar surface area (TPSA) is 103 Å². The van der Waals surface area contributed by atoms with Gasteiger partial charge in [0.1, 0.15) is 18.1 Å². The minimum atomic E-state index is -1.08. The Hall–Kier alpha value is -2.94. The van der Waals surface area contributed by atoms with Gasteiger partial charge in [0.05, 0.1) is 11.6 Å². The predicted molar refractivity (Wildman–Crippen MR) is 80.4 cm³/mol. The van der Waals surface area contributed by atoms with Crippen LogP contribution >= 0.6 is 0 Å². The molecule has 1 aromatic rings. The minimum absolute atomic E-state index is 0.0995. The van der Waals surface area contributed by atoms with E-state index in [4.69, 9.17) is 20.2 Å². The molecule has 0 aliphatic heterocycles. The van der Waals surface area contributed by atoms with Crippen molar-refractivity contribution in [2.75, 3.05) is 11.9 Å². The van der Waals surface area contributed by atoms with E-state index in [-0.39, 0.29) is 5.76 Å². The molecular formula is C15H18N2O4. The zero-order valence-corrected chi connectivity index (χ0v) is 12.0. The Balaban J connectivity index is 0.000000486. The third-order valence-electron chi connectivity index (χ3n) is 2.18. The quantitative estimate of drug-likeness (QED) is 0.445. The summed E-state index contributed by atoms with van der Waals surface area (Å²) in [7, 11) is 0. The number of allylic oxidation sites excluding steroid dienone is 2. The number of rotatable bonds is 4. The van der Waals surface area contributed by atoms with Gasteiger partial charge in [-0.2, -0.15) is 5.26 Å². The lowest BCUT2D eigenvalue weighted by Crippen LogP contribution is -2.06. The van der Waals surface area contributed by atoms with E-state index in [2.05, 4.69) is 11.9 Å². The number of nitrogens with zero attached hydrogens (tertiary/aromatic N) is 1. The van der Waals surface area contributed by atoms with Crippen molar-refractivity contribution in [1.29, 1.82) is 5.26 Å². The second-order valence-electron chi connectivity index (χ2n) is 3.88. The maximum Gasteiger partial charge on any atom is 0.409 e. The summed E-state index contributed by atoms with van der Waals surface area (Å²) in [5, 5.41) is 27.2. The van der Waals surface area contributed by atoms with E-state index in [0.29, 0.717) is 23.6 Å². The molecule has 0 radical (unpaired) electrons. The predicted octanol–water partition coefficient (Wildman–Crippen LogP) is 3.70. The summed E-state index contributed by atoms with van der Waals surface area (Å²) in [6.45, 7) is 7.00. The van der Waals surface area contributed by atoms with Crippen LogP contribution in [0.5, 0.6) is 5.75 Å². The van der Waals surface area contributed by atoms with Crippen LogP contribution in [-0.2, 0) is 0 Å². The summed E-state index contributed by atoms with van der Waals surface area (Å²) in [6, 6.07) is 8.44. The van der Waals surface area contributed by atoms with Gasteiger partial charge in [0, 0.05) is 5.69 Å². The molecule has 0 fully saturated rings. The first-order valence-corrected chi connectivity index (χ1v) is 6.01. The van der Waals surface area contributed by atoms with E-state index in [1.807, 2.05) is 0 Å². The van der Waals surface area contributed by atoms with Gasteiger partial charge in [-0.25, -0.2) is 4.79 Å². The number of aliphatic hydroxyl groups excluding tert-OH is 1. The summed E-state index contributed by atoms with van der Waals surface area (Å²) < 4.78 is 5.22. The summed E-state index contributed by atoms with van der Waals surface area (Å²) in [5.74, 6) is 0.781. The highest BCUT2D eigenvalue weighted by atomic mass is 16.5. The third-order valence-corrected chi connectivity index (χ3v) is 2.18. The van der Waals surface area contributed by atoms with Gasteiger partial charge < -0.3 is 14.9 Å². The van der Waals surface area contributed by atoms with Crippen molar-refractivity contribution in [2.24, 2.45) is 0 Å². The fourth-order valence-electron chi connectivity index (χ4n) is 0.994. The lowest BCUT2D eigenvalue weighted by atomic mass is 10.3. The number of hydrogen-bond acceptors (Lipinski definition) is 4. The number of carbonyl (C=O) groups is 1. The highest BCUT2D eigenvalue weighted by molar-refractivity contribution is 5.82. The monoisotopic (exact) mass is 290 g/mol. The van der Waals surface area contributed by atoms with Gasteiger partial charge in [-0.15, -0.1) is 0 Å². The lowest BCUT2D eigenvalue weighted by Gasteiger charge is -2.04. The standard InChI is InChI=1S/C10H11NO3.C5H7NO/c1-2-7-14-9-5-3-8(4-6-9)11-10(12)13;1-4(3-6)5(2)7/h2-6,11H,1,7H2,(H,12,13);7H,1-2H3. The Morgan fingerprint density at radius 2 is 1.95 bits per heavy atom. The molecule has 0 heterocycles. The van der Waals surface area contributed by atoms with Gasteiger partial charge in [-0.1, -0.05) is 12.7 Å². The molecule has 6 heteroatoms. The van der Waals surface area contributed by atoms with E-state index in [1.165, 1.54) is 6.92 Å². The molecule has 0 atom stereocenters. The van der Waals surface area contributed by atoms with E-state index in [1.54, 1.807) is 43.3 Å². The smallest absolute Gasteiger partial charge is 0.409 e. The summed E-state index contributed by atoms with van der Waals surface area (Å²) in [4.78, 5) is 10.3. The second kappa shape index (κ2) is 9.92. The average Bonchev–Trinajstić information content (AvgIpc) is 2.45. The first kappa shape index (κ1) is 18.1. The molecule has 1 aromatic carbocycles. The van der Waals surface area contributed by atoms with Crippen molar-refractivity contribution in [3.63, 3.8) is 0 Å². The Morgan fingerprint density at radius 1 is 1.38 bits per heavy atom. The van der Waals surface area contributed by atoms with Crippen molar-refractivity contribution in [3.05, 3.63) is 48.3 Å². The molecule has 1 amide bonds. The summed E-state index contributed by atoms with van der Waals surface area (Å²) in [5.41, 5.74) is 0.892. The van der Waals surface area contributed by atoms with Gasteiger partial charge >= 0.3 is 6.09 Å². The van der Waals surface area contributed by atoms with Gasteiger partial charge in [0.25, 0.3) is 0 Å². The summed E-state index contributed by atoms with van der Waals surface area (Å²) >= 11 is 0. The van der Waals surface area contributed by atoms with Crippen LogP contribution in [-0.4, -0.2) is 22.9 Å². The third kappa shape index (κ3) is 8.72. The number of anilines is 1. The zero-order valence-electron chi connectivity index (χ0n) is 12.0. The molecule has 0 bridgehead atoms. The molecule has 3 N–H and O–H groups in total. The molecule has 112 valence electrons. The minimum Gasteiger partial charge on any atom is -0.512 e. The molecule has 0 aromatic heterocycles. The molecule has 0 unspecified atom stereocenters. The maximum absolute atomic E-state index is 10.3. The first-order chi connectivity index (χ1) is 9.90. The Labute approximate surface area is 123 Å². The lowest BCUT2D eigenvalue weighted by molar-refractivity contribution is 0.209. The fourth-order valence-corrected chi connectivity index (χ4v) is 0.994. The van der Waals surface area contributed by atoms with Gasteiger partial charge in [-0.3, -0.25) is 5.32 Å². The Morgan fingerprint density at radius 3 is 2.29 bits per heavy atom. The highest BCUT2D eigenvalue weighted by Gasteiger charge is 1.97. The molecule has 1 rings (SSSR count). The average molecular weight is 290 g/mol. The number of nitriles is 1. The zero-order chi connectivity index (χ0) is 16.3. The highest BCUT2D eigenvalue weighted by Crippen LogP contribution is 2.15. The van der Waals surface area contributed by atoms with Crippen molar-refractivity contribution in [3.8, 4) is 11.8 Å². The van der Waals surface area contributed by atoms with E-state index >= 15 is 0 Å². The fraction of sp³-hybridized carbons (Fsp3) is 0.200. The van der Waals surface area contributed by atoms with Gasteiger partial charge in [0.15, 0.2) is 0 Å². The largest absolute Gasteiger partial charge is 0.512 e. The van der Waals surface area contributed by atoms with Gasteiger partial charge in [0.2, 0.25) is 0 Å². The van der Waals surface area contributed by atoms with Crippen molar-refractivity contribution in [1.82, 2.24) is 0 Å². The summed E-state index contributed by atoms with van der Waals surface area (Å²) in [6.07, 6.45) is 0.563. The van der Waals surface area contributed by atoms with Crippen molar-refractivity contribution < 1.29 is 19.7 Å². The molecule has 0 spiro atoms. The van der Waals surface area contributed by atoms with Crippen LogP contribution in [0.3, 0.4) is 0 Å². The van der Waals surface area contributed by atoms with Crippen LogP contribution in [0.15, 0.2) is 48.3 Å². The molecule has 0 saturated heterocycles. The number of amides is 1. The van der Waals surface area contributed by atoms with Crippen molar-refractivity contribution >= 4 is 11.8 Å². The SMILES string of the molecule is C=CCOc1ccc(NC(=O)O)cc1.CC(O)=C(C)C#N. The molecule has 0 aliphatic carbocycles. The van der Waals surface area contributed by atoms with Crippen LogP contribution in [0.1, 0.15) is 13.8 Å². The van der Waals surface area contributed by atoms with Crippen molar-refractivity contribution in [2.45, 2.75) is 13.8 Å². The van der Waals surface area contributed by atoms with E-state index < -0.39 is 6.09 Å². The first-order valence-electron chi connectivity index (χ1n) is 6.01. The van der Waals surface area contributed by atoms with Crippen LogP contribution in [0.4, 0.5) is 10.5 Å². The maximum atomic E-state index is 10.3. The normalized spacial score (nSPS) is 10.1. The number of benzene rings is 1. The van der Waals surface area contributed by atoms with Crippen LogP contribution in [0, 0.1) is 11.3 Å². The molecule has 21 heavy (non-hydrogen) atoms. The Bertz CT molecular complexity index is 538. The van der Waals surface area contributed by atoms with Gasteiger partial charge in [-0.05, 0) is 38.1 Å². The number of nitrogens with one attached hydrogen (secondary N) is 1. The van der Waals surface area contributed by atoms with Crippen LogP contribution in [0.25, 0.3) is 0 Å². The van der Waals surface area contributed by atoms with Crippen LogP contribution in [0.2, 0.25) is 0 Å². The number of aliphatic hydroxyl groups is 1. The number of carboxylic acid groups (broad SMARTS) is 1. The van der Waals surface area contributed by atoms with E-state index in [0.717, 1.165) is 0 Å². The molecule has 0 aliphatic rings. The second-order valence-corrected chi connectivity index (χ2v) is 3.88. The number of hydrogen-bond donors (Lipinski definition) is 3. The van der Waals surface area contributed by atoms with E-state index in [9.17, 15) is 4.79 Å². The molecular weight excluding hydrogens is 272 g/mol. The molecule has 0 saturated carbocycles. The van der Waals surface area contributed by atoms with Crippen LogP contribution < -0.4 is 10.1 Å².